The fraction of sp³-hybridized carbons (Fsp3) is 0.250. The van der Waals surface area contributed by atoms with Crippen molar-refractivity contribution in [2.75, 3.05) is 6.61 Å². The van der Waals surface area contributed by atoms with Gasteiger partial charge in [-0.3, -0.25) is 0 Å². The fourth-order valence-electron chi connectivity index (χ4n) is 0.706. The number of imidazole rings is 1. The molecule has 4 heteroatoms. The normalized spacial score (nSPS) is 10.4. The van der Waals surface area contributed by atoms with Gasteiger partial charge in [0.15, 0.2) is 0 Å². The minimum Gasteiger partial charge on any atom is -0.463 e. The molecule has 0 spiro atoms. The molecule has 0 aliphatic rings. The van der Waals surface area contributed by atoms with Crippen molar-refractivity contribution in [3.05, 3.63) is 24.3 Å². The van der Waals surface area contributed by atoms with Crippen LogP contribution in [0.25, 0.3) is 6.08 Å². The Kier molecular flexibility index (Phi) is 3.07. The lowest BCUT2D eigenvalue weighted by Gasteiger charge is -1.92. The minimum absolute atomic E-state index is 0.353. The van der Waals surface area contributed by atoms with Crippen LogP contribution >= 0.6 is 0 Å². The lowest BCUT2D eigenvalue weighted by Crippen LogP contribution is -1.98. The van der Waals surface area contributed by atoms with Crippen molar-refractivity contribution in [2.45, 2.75) is 6.92 Å². The Morgan fingerprint density at radius 1 is 1.83 bits per heavy atom. The molecule has 1 heterocycles. The molecule has 0 amide bonds. The zero-order valence-corrected chi connectivity index (χ0v) is 6.78. The molecule has 0 unspecified atom stereocenters. The molecule has 1 aromatic rings. The predicted molar refractivity (Wildman–Crippen MR) is 44.3 cm³/mol. The standard InChI is InChI=1S/C8H10N2O2/c1-2-12-8(11)4-3-7-9-5-6-10-7/h3-6H,2H2,1H3,(H,9,10). The number of nitrogens with one attached hydrogen (secondary N) is 1. The molecule has 1 N–H and O–H groups in total. The van der Waals surface area contributed by atoms with E-state index >= 15 is 0 Å². The highest BCUT2D eigenvalue weighted by molar-refractivity contribution is 5.86. The van der Waals surface area contributed by atoms with E-state index in [0.717, 1.165) is 0 Å². The summed E-state index contributed by atoms with van der Waals surface area (Å²) in [5, 5.41) is 0. The first-order valence-electron chi connectivity index (χ1n) is 3.67. The van der Waals surface area contributed by atoms with Gasteiger partial charge in [-0.25, -0.2) is 9.78 Å². The topological polar surface area (TPSA) is 55.0 Å². The molecule has 0 aliphatic carbocycles. The Morgan fingerprint density at radius 2 is 2.67 bits per heavy atom. The molecule has 64 valence electrons. The van der Waals surface area contributed by atoms with Crippen LogP contribution in [0, 0.1) is 0 Å². The van der Waals surface area contributed by atoms with Gasteiger partial charge in [0.05, 0.1) is 6.61 Å². The number of aromatic amines is 1. The van der Waals surface area contributed by atoms with Crippen molar-refractivity contribution >= 4 is 12.0 Å². The van der Waals surface area contributed by atoms with Crippen LogP contribution < -0.4 is 0 Å². The van der Waals surface area contributed by atoms with E-state index in [1.54, 1.807) is 25.4 Å². The largest absolute Gasteiger partial charge is 0.463 e. The maximum Gasteiger partial charge on any atom is 0.330 e. The summed E-state index contributed by atoms with van der Waals surface area (Å²) in [5.41, 5.74) is 0. The van der Waals surface area contributed by atoms with E-state index < -0.39 is 0 Å². The molecular weight excluding hydrogens is 156 g/mol. The Morgan fingerprint density at radius 3 is 3.25 bits per heavy atom. The third kappa shape index (κ3) is 2.57. The van der Waals surface area contributed by atoms with Crippen LogP contribution in [0.4, 0.5) is 0 Å². The predicted octanol–water partition coefficient (Wildman–Crippen LogP) is 0.986. The molecule has 4 nitrogen and oxygen atoms in total. The van der Waals surface area contributed by atoms with Gasteiger partial charge < -0.3 is 9.72 Å². The monoisotopic (exact) mass is 166 g/mol. The number of H-pyrrole nitrogens is 1. The van der Waals surface area contributed by atoms with E-state index in [0.29, 0.717) is 12.4 Å². The van der Waals surface area contributed by atoms with E-state index in [9.17, 15) is 4.79 Å². The summed E-state index contributed by atoms with van der Waals surface area (Å²) in [7, 11) is 0. The van der Waals surface area contributed by atoms with Gasteiger partial charge in [-0.2, -0.15) is 0 Å². The second-order valence-corrected chi connectivity index (χ2v) is 2.06. The second-order valence-electron chi connectivity index (χ2n) is 2.06. The van der Waals surface area contributed by atoms with Crippen LogP contribution in [0.3, 0.4) is 0 Å². The molecule has 0 atom stereocenters. The minimum atomic E-state index is -0.353. The van der Waals surface area contributed by atoms with E-state index in [-0.39, 0.29) is 5.97 Å². The van der Waals surface area contributed by atoms with Crippen molar-refractivity contribution in [3.63, 3.8) is 0 Å². The number of rotatable bonds is 3. The lowest BCUT2D eigenvalue weighted by molar-refractivity contribution is -0.137. The van der Waals surface area contributed by atoms with E-state index in [2.05, 4.69) is 14.7 Å². The fourth-order valence-corrected chi connectivity index (χ4v) is 0.706. The molecule has 0 bridgehead atoms. The van der Waals surface area contributed by atoms with Gasteiger partial charge in [-0.05, 0) is 13.0 Å². The summed E-state index contributed by atoms with van der Waals surface area (Å²) in [6, 6.07) is 0. The molecule has 1 aromatic heterocycles. The Labute approximate surface area is 70.3 Å². The number of hydrogen-bond donors (Lipinski definition) is 1. The zero-order valence-electron chi connectivity index (χ0n) is 6.78. The first kappa shape index (κ1) is 8.52. The third-order valence-electron chi connectivity index (χ3n) is 1.18. The van der Waals surface area contributed by atoms with Gasteiger partial charge >= 0.3 is 5.97 Å². The molecule has 0 fully saturated rings. The van der Waals surface area contributed by atoms with Gasteiger partial charge in [0.2, 0.25) is 0 Å². The van der Waals surface area contributed by atoms with E-state index in [4.69, 9.17) is 0 Å². The average Bonchev–Trinajstić information content (AvgIpc) is 2.53. The maximum atomic E-state index is 10.8. The smallest absolute Gasteiger partial charge is 0.330 e. The van der Waals surface area contributed by atoms with Crippen molar-refractivity contribution in [3.8, 4) is 0 Å². The molecule has 12 heavy (non-hydrogen) atoms. The first-order valence-corrected chi connectivity index (χ1v) is 3.67. The highest BCUT2D eigenvalue weighted by Gasteiger charge is 1.93. The summed E-state index contributed by atoms with van der Waals surface area (Å²) in [4.78, 5) is 17.5. The number of ether oxygens (including phenoxy) is 1. The van der Waals surface area contributed by atoms with Crippen molar-refractivity contribution in [1.29, 1.82) is 0 Å². The molecule has 0 radical (unpaired) electrons. The lowest BCUT2D eigenvalue weighted by atomic mass is 10.5. The van der Waals surface area contributed by atoms with Crippen LogP contribution in [0.2, 0.25) is 0 Å². The zero-order chi connectivity index (χ0) is 8.81. The molecule has 0 saturated heterocycles. The summed E-state index contributed by atoms with van der Waals surface area (Å²) in [6.45, 7) is 2.15. The van der Waals surface area contributed by atoms with Crippen LogP contribution in [0.15, 0.2) is 18.5 Å². The second kappa shape index (κ2) is 4.33. The SMILES string of the molecule is CCOC(=O)C=Cc1ncc[nH]1. The number of nitrogens with zero attached hydrogens (tertiary/aromatic N) is 1. The number of esters is 1. The van der Waals surface area contributed by atoms with Crippen LogP contribution in [0.5, 0.6) is 0 Å². The van der Waals surface area contributed by atoms with Gasteiger partial charge in [-0.1, -0.05) is 0 Å². The number of hydrogen-bond acceptors (Lipinski definition) is 3. The summed E-state index contributed by atoms with van der Waals surface area (Å²) in [5.74, 6) is 0.289. The number of aromatic nitrogens is 2. The van der Waals surface area contributed by atoms with Crippen molar-refractivity contribution in [1.82, 2.24) is 9.97 Å². The third-order valence-corrected chi connectivity index (χ3v) is 1.18. The quantitative estimate of drug-likeness (QED) is 0.538. The van der Waals surface area contributed by atoms with Gasteiger partial charge in [-0.15, -0.1) is 0 Å². The van der Waals surface area contributed by atoms with Crippen LogP contribution in [-0.4, -0.2) is 22.5 Å². The summed E-state index contributed by atoms with van der Waals surface area (Å²) < 4.78 is 4.67. The van der Waals surface area contributed by atoms with E-state index in [1.807, 2.05) is 0 Å². The van der Waals surface area contributed by atoms with Gasteiger partial charge in [0.25, 0.3) is 0 Å². The van der Waals surface area contributed by atoms with Crippen molar-refractivity contribution < 1.29 is 9.53 Å². The Balaban J connectivity index is 2.45. The Hall–Kier alpha value is -1.58. The van der Waals surface area contributed by atoms with Crippen LogP contribution in [0.1, 0.15) is 12.7 Å². The number of carbonyl (C=O) groups is 1. The van der Waals surface area contributed by atoms with Gasteiger partial charge in [0.1, 0.15) is 5.82 Å². The van der Waals surface area contributed by atoms with Gasteiger partial charge in [0, 0.05) is 18.5 Å². The summed E-state index contributed by atoms with van der Waals surface area (Å²) in [6.07, 6.45) is 6.20. The maximum absolute atomic E-state index is 10.8. The van der Waals surface area contributed by atoms with E-state index in [1.165, 1.54) is 6.08 Å². The molecule has 0 saturated carbocycles. The molecule has 0 aromatic carbocycles. The molecule has 0 aliphatic heterocycles. The highest BCUT2D eigenvalue weighted by atomic mass is 16.5. The average molecular weight is 166 g/mol. The Bertz CT molecular complexity index is 265. The van der Waals surface area contributed by atoms with Crippen LogP contribution in [-0.2, 0) is 9.53 Å². The first-order chi connectivity index (χ1) is 5.83. The number of carbonyl (C=O) groups excluding carboxylic acids is 1. The molecule has 1 rings (SSSR count). The van der Waals surface area contributed by atoms with Crippen molar-refractivity contribution in [2.24, 2.45) is 0 Å². The molecular formula is C8H10N2O2. The highest BCUT2D eigenvalue weighted by Crippen LogP contribution is 1.92. The summed E-state index contributed by atoms with van der Waals surface area (Å²) >= 11 is 0.